The molecule has 3 unspecified atom stereocenters. The molecular formula is C25H33N3O3S2. The van der Waals surface area contributed by atoms with Gasteiger partial charge in [0.05, 0.1) is 23.9 Å². The minimum absolute atomic E-state index is 0.187. The first-order valence-electron chi connectivity index (χ1n) is 10.8. The Labute approximate surface area is 204 Å². The van der Waals surface area contributed by atoms with Crippen molar-refractivity contribution in [2.24, 2.45) is 17.6 Å². The monoisotopic (exact) mass is 487 g/mol. The van der Waals surface area contributed by atoms with Crippen LogP contribution in [0.4, 0.5) is 0 Å². The molecular weight excluding hydrogens is 454 g/mol. The van der Waals surface area contributed by atoms with E-state index >= 15 is 0 Å². The Bertz CT molecular complexity index is 1020. The zero-order valence-corrected chi connectivity index (χ0v) is 21.7. The Morgan fingerprint density at radius 3 is 2.39 bits per heavy atom. The Balaban J connectivity index is 2.09. The number of amides is 1. The average molecular weight is 488 g/mol. The van der Waals surface area contributed by atoms with Gasteiger partial charge in [-0.3, -0.25) is 4.79 Å². The van der Waals surface area contributed by atoms with Gasteiger partial charge in [-0.25, -0.2) is 9.97 Å². The maximum Gasteiger partial charge on any atom is 0.244 e. The number of thiazole rings is 2. The molecule has 8 heteroatoms. The van der Waals surface area contributed by atoms with E-state index in [1.807, 2.05) is 24.5 Å². The number of carbonyl (C=O) groups excluding carboxylic acids is 1. The van der Waals surface area contributed by atoms with Crippen LogP contribution in [0.5, 0.6) is 0 Å². The molecule has 178 valence electrons. The van der Waals surface area contributed by atoms with Crippen molar-refractivity contribution < 1.29 is 14.3 Å². The van der Waals surface area contributed by atoms with E-state index in [9.17, 15) is 4.79 Å². The number of hydrogen-bond acceptors (Lipinski definition) is 7. The van der Waals surface area contributed by atoms with Crippen LogP contribution in [0.1, 0.15) is 44.3 Å². The van der Waals surface area contributed by atoms with E-state index < -0.39 is 5.91 Å². The fourth-order valence-corrected chi connectivity index (χ4v) is 4.66. The fraction of sp³-hybridized carbons (Fsp3) is 0.400. The molecule has 3 atom stereocenters. The fourth-order valence-electron chi connectivity index (χ4n) is 3.00. The molecule has 0 aliphatic carbocycles. The Kier molecular flexibility index (Phi) is 10.7. The second kappa shape index (κ2) is 13.2. The van der Waals surface area contributed by atoms with Crippen LogP contribution < -0.4 is 5.73 Å². The molecule has 0 aromatic carbocycles. The van der Waals surface area contributed by atoms with Gasteiger partial charge in [0.15, 0.2) is 0 Å². The van der Waals surface area contributed by atoms with Crippen molar-refractivity contribution in [1.82, 2.24) is 9.97 Å². The van der Waals surface area contributed by atoms with Crippen molar-refractivity contribution in [2.75, 3.05) is 14.2 Å². The summed E-state index contributed by atoms with van der Waals surface area (Å²) in [6, 6.07) is 0. The molecule has 2 aromatic heterocycles. The number of ether oxygens (including phenoxy) is 2. The third kappa shape index (κ3) is 8.38. The van der Waals surface area contributed by atoms with Gasteiger partial charge in [-0.05, 0) is 12.0 Å². The highest BCUT2D eigenvalue weighted by atomic mass is 32.1. The van der Waals surface area contributed by atoms with Crippen molar-refractivity contribution in [3.05, 3.63) is 63.7 Å². The molecule has 0 fully saturated rings. The summed E-state index contributed by atoms with van der Waals surface area (Å²) in [5, 5.41) is 5.98. The van der Waals surface area contributed by atoms with Crippen LogP contribution in [0.25, 0.3) is 16.8 Å². The molecule has 2 aromatic rings. The van der Waals surface area contributed by atoms with Gasteiger partial charge >= 0.3 is 0 Å². The quantitative estimate of drug-likeness (QED) is 0.232. The average Bonchev–Trinajstić information content (AvgIpc) is 3.44. The van der Waals surface area contributed by atoms with E-state index in [0.717, 1.165) is 21.4 Å². The van der Waals surface area contributed by atoms with E-state index in [0.29, 0.717) is 11.7 Å². The number of rotatable bonds is 12. The van der Waals surface area contributed by atoms with Crippen LogP contribution in [-0.2, 0) is 14.3 Å². The van der Waals surface area contributed by atoms with Gasteiger partial charge in [0.2, 0.25) is 5.91 Å². The molecule has 0 radical (unpaired) electrons. The summed E-state index contributed by atoms with van der Waals surface area (Å²) < 4.78 is 10.9. The number of allylic oxidation sites excluding steroid dienone is 4. The van der Waals surface area contributed by atoms with Crippen molar-refractivity contribution in [2.45, 2.75) is 39.7 Å². The second-order valence-electron chi connectivity index (χ2n) is 7.95. The topological polar surface area (TPSA) is 87.3 Å². The summed E-state index contributed by atoms with van der Waals surface area (Å²) in [4.78, 5) is 20.7. The van der Waals surface area contributed by atoms with Gasteiger partial charge < -0.3 is 15.2 Å². The number of methoxy groups -OCH3 is 2. The molecule has 0 aliphatic heterocycles. The molecule has 0 spiro atoms. The summed E-state index contributed by atoms with van der Waals surface area (Å²) in [7, 11) is 3.12. The Morgan fingerprint density at radius 2 is 1.76 bits per heavy atom. The largest absolute Gasteiger partial charge is 0.501 e. The van der Waals surface area contributed by atoms with Gasteiger partial charge in [-0.2, -0.15) is 0 Å². The van der Waals surface area contributed by atoms with Crippen molar-refractivity contribution in [3.8, 4) is 10.7 Å². The molecule has 6 nitrogen and oxygen atoms in total. The standard InChI is InChI=1S/C25H33N3O3S2/c1-16(2)9-7-8-10-17(3)24-28-20(15-33-24)25-27-19(14-32-25)11-12-21(30-5)18(4)22(31-6)13-23(26)29/h7-18,21H,1-6H3,(H2,26,29)/b9-7+,10-8+,12-11+,22-13+. The lowest BCUT2D eigenvalue weighted by atomic mass is 10.0. The molecule has 2 heterocycles. The minimum Gasteiger partial charge on any atom is -0.501 e. The molecule has 0 bridgehead atoms. The summed E-state index contributed by atoms with van der Waals surface area (Å²) >= 11 is 3.20. The third-order valence-corrected chi connectivity index (χ3v) is 6.78. The van der Waals surface area contributed by atoms with Gasteiger partial charge in [0.1, 0.15) is 16.5 Å². The molecule has 0 saturated carbocycles. The molecule has 33 heavy (non-hydrogen) atoms. The molecule has 2 N–H and O–H groups in total. The zero-order chi connectivity index (χ0) is 24.4. The van der Waals surface area contributed by atoms with Crippen LogP contribution in [-0.4, -0.2) is 36.2 Å². The van der Waals surface area contributed by atoms with E-state index in [-0.39, 0.29) is 17.9 Å². The van der Waals surface area contributed by atoms with Gasteiger partial charge in [0.25, 0.3) is 0 Å². The number of hydrogen-bond donors (Lipinski definition) is 1. The highest BCUT2D eigenvalue weighted by Gasteiger charge is 2.20. The zero-order valence-electron chi connectivity index (χ0n) is 20.0. The lowest BCUT2D eigenvalue weighted by Gasteiger charge is -2.21. The smallest absolute Gasteiger partial charge is 0.244 e. The number of aromatic nitrogens is 2. The van der Waals surface area contributed by atoms with Crippen LogP contribution in [0.15, 0.2) is 53.0 Å². The van der Waals surface area contributed by atoms with Crippen LogP contribution >= 0.6 is 22.7 Å². The first kappa shape index (κ1) is 26.7. The maximum atomic E-state index is 11.2. The van der Waals surface area contributed by atoms with Crippen LogP contribution in [0.3, 0.4) is 0 Å². The molecule has 0 aliphatic rings. The second-order valence-corrected chi connectivity index (χ2v) is 9.70. The lowest BCUT2D eigenvalue weighted by Crippen LogP contribution is -2.22. The predicted octanol–water partition coefficient (Wildman–Crippen LogP) is 5.82. The van der Waals surface area contributed by atoms with Crippen LogP contribution in [0, 0.1) is 11.8 Å². The normalized spacial score (nSPS) is 15.7. The van der Waals surface area contributed by atoms with E-state index in [4.69, 9.17) is 25.2 Å². The Morgan fingerprint density at radius 1 is 1.03 bits per heavy atom. The van der Waals surface area contributed by atoms with Gasteiger partial charge in [0, 0.05) is 35.8 Å². The molecule has 1 amide bonds. The summed E-state index contributed by atoms with van der Waals surface area (Å²) in [5.41, 5.74) is 6.97. The Hall–Kier alpha value is -2.55. The SMILES string of the molecule is CO/C(=C/C(N)=O)C(C)C(/C=C/c1csc(-c2csc(C(C)/C=C/C=C/C(C)C)n2)n1)OC. The van der Waals surface area contributed by atoms with E-state index in [1.165, 1.54) is 13.2 Å². The van der Waals surface area contributed by atoms with E-state index in [1.54, 1.807) is 29.8 Å². The predicted molar refractivity (Wildman–Crippen MR) is 138 cm³/mol. The van der Waals surface area contributed by atoms with Crippen LogP contribution in [0.2, 0.25) is 0 Å². The molecule has 0 saturated heterocycles. The van der Waals surface area contributed by atoms with Gasteiger partial charge in [-0.1, -0.05) is 58.1 Å². The number of carbonyl (C=O) groups is 1. The van der Waals surface area contributed by atoms with E-state index in [2.05, 4.69) is 50.5 Å². The van der Waals surface area contributed by atoms with Gasteiger partial charge in [-0.15, -0.1) is 22.7 Å². The van der Waals surface area contributed by atoms with Crippen molar-refractivity contribution in [3.63, 3.8) is 0 Å². The highest BCUT2D eigenvalue weighted by Crippen LogP contribution is 2.29. The first-order valence-corrected chi connectivity index (χ1v) is 12.5. The minimum atomic E-state index is -0.555. The summed E-state index contributed by atoms with van der Waals surface area (Å²) in [5.74, 6) is 0.512. The number of nitrogens with zero attached hydrogens (tertiary/aromatic N) is 2. The highest BCUT2D eigenvalue weighted by molar-refractivity contribution is 7.14. The summed E-state index contributed by atoms with van der Waals surface area (Å²) in [6.45, 7) is 8.37. The first-order chi connectivity index (χ1) is 15.7. The summed E-state index contributed by atoms with van der Waals surface area (Å²) in [6.07, 6.45) is 13.3. The lowest BCUT2D eigenvalue weighted by molar-refractivity contribution is -0.113. The van der Waals surface area contributed by atoms with Crippen molar-refractivity contribution >= 4 is 34.7 Å². The third-order valence-electron chi connectivity index (χ3n) is 4.85. The number of primary amides is 1. The van der Waals surface area contributed by atoms with Crippen molar-refractivity contribution in [1.29, 1.82) is 0 Å². The maximum absolute atomic E-state index is 11.2. The molecule has 2 rings (SSSR count). The number of nitrogens with two attached hydrogens (primary N) is 1.